The van der Waals surface area contributed by atoms with Gasteiger partial charge in [-0.2, -0.15) is 16.8 Å². The van der Waals surface area contributed by atoms with Gasteiger partial charge in [0.15, 0.2) is 0 Å². The molecule has 2 amide bonds. The molecule has 0 aliphatic heterocycles. The standard InChI is InChI=1S/C10H24N2.2C7H13NO4S/c1-6-7-8-9-10(11(2)3)12(4)5;2*1-4-6(9)8-7(2,3)5-13(10,11)12/h10H,6-9H2,1-5H3;2*4H,1,5H2,2-3H3,(H,8,9)(H,10,11,12). The fourth-order valence-electron chi connectivity index (χ4n) is 3.31. The molecule has 4 N–H and O–H groups in total. The number of hydrogen-bond donors (Lipinski definition) is 4. The molecular formula is C24H50N4O8S2. The summed E-state index contributed by atoms with van der Waals surface area (Å²) in [5.74, 6) is -2.01. The van der Waals surface area contributed by atoms with E-state index >= 15 is 0 Å². The van der Waals surface area contributed by atoms with E-state index in [9.17, 15) is 26.4 Å². The SMILES string of the molecule is C=CC(=O)NC(C)(C)CS(=O)(=O)O.C=CC(=O)NC(C)(C)CS(=O)(=O)O.CCCCCC(N(C)C)N(C)C. The number of rotatable bonds is 14. The van der Waals surface area contributed by atoms with Crippen LogP contribution in [0.4, 0.5) is 0 Å². The molecular weight excluding hydrogens is 536 g/mol. The summed E-state index contributed by atoms with van der Waals surface area (Å²) >= 11 is 0. The minimum absolute atomic E-state index is 0.478. The van der Waals surface area contributed by atoms with Gasteiger partial charge in [-0.25, -0.2) is 0 Å². The highest BCUT2D eigenvalue weighted by Crippen LogP contribution is 2.09. The predicted octanol–water partition coefficient (Wildman–Crippen LogP) is 1.93. The van der Waals surface area contributed by atoms with Crippen LogP contribution < -0.4 is 10.6 Å². The van der Waals surface area contributed by atoms with Crippen LogP contribution in [0.15, 0.2) is 25.3 Å². The zero-order chi connectivity index (χ0) is 31.0. The molecule has 0 unspecified atom stereocenters. The Labute approximate surface area is 230 Å². The number of unbranched alkanes of at least 4 members (excludes halogenated alkanes) is 2. The Hall–Kier alpha value is -1.84. The van der Waals surface area contributed by atoms with Crippen LogP contribution in [0.2, 0.25) is 0 Å². The van der Waals surface area contributed by atoms with Gasteiger partial charge in [0.2, 0.25) is 11.8 Å². The van der Waals surface area contributed by atoms with E-state index in [0.29, 0.717) is 6.17 Å². The van der Waals surface area contributed by atoms with Crippen LogP contribution in [0, 0.1) is 0 Å². The molecule has 0 bridgehead atoms. The second kappa shape index (κ2) is 18.4. The second-order valence-electron chi connectivity index (χ2n) is 10.5. The molecule has 0 radical (unpaired) electrons. The molecule has 226 valence electrons. The molecule has 0 saturated heterocycles. The highest BCUT2D eigenvalue weighted by Gasteiger charge is 2.26. The van der Waals surface area contributed by atoms with Crippen LogP contribution in [0.25, 0.3) is 0 Å². The van der Waals surface area contributed by atoms with E-state index in [4.69, 9.17) is 9.11 Å². The lowest BCUT2D eigenvalue weighted by molar-refractivity contribution is -0.118. The molecule has 0 aromatic rings. The van der Waals surface area contributed by atoms with Crippen molar-refractivity contribution in [2.24, 2.45) is 0 Å². The van der Waals surface area contributed by atoms with E-state index in [2.05, 4.69) is 68.7 Å². The first kappa shape index (κ1) is 40.7. The number of carbonyl (C=O) groups is 2. The summed E-state index contributed by atoms with van der Waals surface area (Å²) in [5, 5.41) is 4.73. The van der Waals surface area contributed by atoms with E-state index < -0.39 is 54.6 Å². The van der Waals surface area contributed by atoms with Gasteiger partial charge in [-0.05, 0) is 74.5 Å². The van der Waals surface area contributed by atoms with Gasteiger partial charge in [-0.1, -0.05) is 39.3 Å². The van der Waals surface area contributed by atoms with Crippen LogP contribution in [0.1, 0.15) is 60.3 Å². The van der Waals surface area contributed by atoms with Gasteiger partial charge < -0.3 is 10.6 Å². The predicted molar refractivity (Wildman–Crippen MR) is 153 cm³/mol. The molecule has 0 spiro atoms. The molecule has 14 heteroatoms. The minimum atomic E-state index is -4.08. The summed E-state index contributed by atoms with van der Waals surface area (Å²) in [5.41, 5.74) is -2.00. The molecule has 0 aliphatic carbocycles. The van der Waals surface area contributed by atoms with Crippen LogP contribution in [-0.2, 0) is 29.8 Å². The Morgan fingerprint density at radius 1 is 0.789 bits per heavy atom. The first-order chi connectivity index (χ1) is 16.9. The highest BCUT2D eigenvalue weighted by atomic mass is 32.2. The average Bonchev–Trinajstić information content (AvgIpc) is 2.66. The normalized spacial score (nSPS) is 12.2. The van der Waals surface area contributed by atoms with Gasteiger partial charge in [-0.3, -0.25) is 28.5 Å². The maximum atomic E-state index is 10.8. The Morgan fingerprint density at radius 3 is 1.32 bits per heavy atom. The fraction of sp³-hybridized carbons (Fsp3) is 0.750. The first-order valence-electron chi connectivity index (χ1n) is 12.0. The number of carbonyl (C=O) groups excluding carboxylic acids is 2. The monoisotopic (exact) mass is 586 g/mol. The van der Waals surface area contributed by atoms with Crippen molar-refractivity contribution in [1.29, 1.82) is 0 Å². The lowest BCUT2D eigenvalue weighted by Gasteiger charge is -2.30. The Bertz CT molecular complexity index is 872. The average molecular weight is 587 g/mol. The van der Waals surface area contributed by atoms with Crippen molar-refractivity contribution in [3.05, 3.63) is 25.3 Å². The number of amides is 2. The zero-order valence-electron chi connectivity index (χ0n) is 24.4. The summed E-state index contributed by atoms with van der Waals surface area (Å²) in [6.45, 7) is 14.6. The van der Waals surface area contributed by atoms with Crippen molar-refractivity contribution in [1.82, 2.24) is 20.4 Å². The third-order valence-corrected chi connectivity index (χ3v) is 6.81. The van der Waals surface area contributed by atoms with E-state index in [0.717, 1.165) is 12.2 Å². The maximum absolute atomic E-state index is 10.8. The van der Waals surface area contributed by atoms with Gasteiger partial charge in [0, 0.05) is 0 Å². The number of nitrogens with one attached hydrogen (secondary N) is 2. The molecule has 0 heterocycles. The third kappa shape index (κ3) is 27.2. The smallest absolute Gasteiger partial charge is 0.267 e. The quantitative estimate of drug-likeness (QED) is 0.102. The van der Waals surface area contributed by atoms with Crippen LogP contribution in [0.5, 0.6) is 0 Å². The molecule has 0 aromatic carbocycles. The van der Waals surface area contributed by atoms with Gasteiger partial charge in [0.05, 0.1) is 28.7 Å². The molecule has 0 rings (SSSR count). The summed E-state index contributed by atoms with van der Waals surface area (Å²) in [6.07, 6.45) is 7.98. The molecule has 0 aliphatic rings. The van der Waals surface area contributed by atoms with E-state index in [1.807, 2.05) is 0 Å². The third-order valence-electron chi connectivity index (χ3n) is 4.64. The van der Waals surface area contributed by atoms with Crippen LogP contribution in [0.3, 0.4) is 0 Å². The minimum Gasteiger partial charge on any atom is -0.347 e. The van der Waals surface area contributed by atoms with Crippen molar-refractivity contribution in [2.75, 3.05) is 39.7 Å². The van der Waals surface area contributed by atoms with Crippen molar-refractivity contribution in [2.45, 2.75) is 77.5 Å². The molecule has 0 atom stereocenters. The largest absolute Gasteiger partial charge is 0.347 e. The number of nitrogens with zero attached hydrogens (tertiary/aromatic N) is 2. The fourth-order valence-corrected chi connectivity index (χ4v) is 5.28. The summed E-state index contributed by atoms with van der Waals surface area (Å²) in [6, 6.07) is 0. The van der Waals surface area contributed by atoms with Crippen molar-refractivity contribution >= 4 is 32.1 Å². The molecule has 12 nitrogen and oxygen atoms in total. The van der Waals surface area contributed by atoms with Crippen molar-refractivity contribution < 1.29 is 35.5 Å². The van der Waals surface area contributed by atoms with E-state index in [1.54, 1.807) is 0 Å². The van der Waals surface area contributed by atoms with Gasteiger partial charge in [0.25, 0.3) is 20.2 Å². The Kier molecular flexibility index (Phi) is 19.7. The maximum Gasteiger partial charge on any atom is 0.267 e. The first-order valence-corrected chi connectivity index (χ1v) is 15.3. The molecule has 38 heavy (non-hydrogen) atoms. The topological polar surface area (TPSA) is 173 Å². The van der Waals surface area contributed by atoms with E-state index in [1.165, 1.54) is 53.4 Å². The van der Waals surface area contributed by atoms with Crippen LogP contribution in [-0.4, -0.2) is 104 Å². The highest BCUT2D eigenvalue weighted by molar-refractivity contribution is 7.86. The van der Waals surface area contributed by atoms with E-state index in [-0.39, 0.29) is 0 Å². The Balaban J connectivity index is -0.000000484. The van der Waals surface area contributed by atoms with Gasteiger partial charge in [0.1, 0.15) is 0 Å². The Morgan fingerprint density at radius 2 is 1.11 bits per heavy atom. The second-order valence-corrected chi connectivity index (χ2v) is 13.4. The van der Waals surface area contributed by atoms with Crippen LogP contribution >= 0.6 is 0 Å². The molecule has 0 fully saturated rings. The molecule has 0 saturated carbocycles. The van der Waals surface area contributed by atoms with Gasteiger partial charge >= 0.3 is 0 Å². The lowest BCUT2D eigenvalue weighted by atomic mass is 10.1. The summed E-state index contributed by atoms with van der Waals surface area (Å²) < 4.78 is 59.0. The number of hydrogen-bond acceptors (Lipinski definition) is 8. The lowest BCUT2D eigenvalue weighted by Crippen LogP contribution is -2.47. The van der Waals surface area contributed by atoms with Crippen molar-refractivity contribution in [3.8, 4) is 0 Å². The van der Waals surface area contributed by atoms with Gasteiger partial charge in [-0.15, -0.1) is 0 Å². The molecule has 0 aromatic heterocycles. The summed E-state index contributed by atoms with van der Waals surface area (Å²) in [4.78, 5) is 26.2. The summed E-state index contributed by atoms with van der Waals surface area (Å²) in [7, 11) is 0.428. The zero-order valence-corrected chi connectivity index (χ0v) is 26.1. The van der Waals surface area contributed by atoms with Crippen molar-refractivity contribution in [3.63, 3.8) is 0 Å².